The lowest BCUT2D eigenvalue weighted by molar-refractivity contribution is 0.110. The summed E-state index contributed by atoms with van der Waals surface area (Å²) in [6.45, 7) is 0.372. The fraction of sp³-hybridized carbons (Fsp3) is 0.0526. The minimum absolute atomic E-state index is 0.260. The first-order chi connectivity index (χ1) is 11.3. The molecule has 0 spiro atoms. The van der Waals surface area contributed by atoms with Crippen molar-refractivity contribution in [2.75, 3.05) is 0 Å². The number of carbonyl (C=O) groups excluding carboxylic acids is 1. The van der Waals surface area contributed by atoms with E-state index in [0.29, 0.717) is 30.0 Å². The predicted octanol–water partition coefficient (Wildman–Crippen LogP) is 4.21. The Morgan fingerprint density at radius 2 is 1.91 bits per heavy atom. The van der Waals surface area contributed by atoms with Crippen molar-refractivity contribution >= 4 is 6.29 Å². The summed E-state index contributed by atoms with van der Waals surface area (Å²) in [6.07, 6.45) is 0.653. The number of nitrogens with zero attached hydrogens (tertiary/aromatic N) is 1. The quantitative estimate of drug-likeness (QED) is 0.662. The van der Waals surface area contributed by atoms with Crippen molar-refractivity contribution in [1.29, 1.82) is 5.26 Å². The molecule has 4 heteroatoms. The van der Waals surface area contributed by atoms with E-state index in [1.807, 2.05) is 30.3 Å². The van der Waals surface area contributed by atoms with Gasteiger partial charge in [0.25, 0.3) is 0 Å². The summed E-state index contributed by atoms with van der Waals surface area (Å²) in [5.41, 5.74) is 2.22. The van der Waals surface area contributed by atoms with E-state index in [0.717, 1.165) is 11.1 Å². The molecule has 0 aliphatic carbocycles. The fourth-order valence-corrected chi connectivity index (χ4v) is 2.19. The number of hydrogen-bond donors (Lipinski definition) is 0. The molecule has 0 radical (unpaired) electrons. The van der Waals surface area contributed by atoms with Gasteiger partial charge in [0.15, 0.2) is 12.0 Å². The van der Waals surface area contributed by atoms with E-state index >= 15 is 0 Å². The average molecular weight is 303 g/mol. The van der Waals surface area contributed by atoms with Crippen LogP contribution < -0.4 is 4.74 Å². The maximum absolute atomic E-state index is 10.7. The molecule has 1 heterocycles. The van der Waals surface area contributed by atoms with Crippen molar-refractivity contribution < 1.29 is 13.9 Å². The Morgan fingerprint density at radius 1 is 1.09 bits per heavy atom. The van der Waals surface area contributed by atoms with Crippen LogP contribution in [-0.4, -0.2) is 6.29 Å². The Hall–Kier alpha value is -3.32. The number of hydrogen-bond acceptors (Lipinski definition) is 4. The second-order valence-electron chi connectivity index (χ2n) is 4.92. The first-order valence-corrected chi connectivity index (χ1v) is 7.06. The van der Waals surface area contributed by atoms with Crippen LogP contribution >= 0.6 is 0 Å². The molecule has 0 fully saturated rings. The van der Waals surface area contributed by atoms with Crippen LogP contribution in [0.25, 0.3) is 11.3 Å². The maximum atomic E-state index is 10.7. The molecule has 0 N–H and O–H groups in total. The van der Waals surface area contributed by atoms with Crippen molar-refractivity contribution in [3.63, 3.8) is 0 Å². The monoisotopic (exact) mass is 303 g/mol. The van der Waals surface area contributed by atoms with Crippen LogP contribution in [0.2, 0.25) is 0 Å². The Bertz CT molecular complexity index is 860. The Morgan fingerprint density at radius 3 is 2.61 bits per heavy atom. The second-order valence-corrected chi connectivity index (χ2v) is 4.92. The Labute approximate surface area is 133 Å². The van der Waals surface area contributed by atoms with Crippen LogP contribution in [0.5, 0.6) is 5.75 Å². The van der Waals surface area contributed by atoms with Gasteiger partial charge >= 0.3 is 0 Å². The van der Waals surface area contributed by atoms with E-state index in [-0.39, 0.29) is 5.76 Å². The molecule has 3 aromatic rings. The van der Waals surface area contributed by atoms with Gasteiger partial charge in [-0.25, -0.2) is 0 Å². The number of rotatable bonds is 5. The molecule has 0 saturated heterocycles. The van der Waals surface area contributed by atoms with E-state index in [4.69, 9.17) is 9.15 Å². The molecular weight excluding hydrogens is 290 g/mol. The van der Waals surface area contributed by atoms with Gasteiger partial charge < -0.3 is 9.15 Å². The van der Waals surface area contributed by atoms with E-state index in [9.17, 15) is 10.1 Å². The zero-order valence-corrected chi connectivity index (χ0v) is 12.2. The van der Waals surface area contributed by atoms with E-state index in [2.05, 4.69) is 6.07 Å². The zero-order chi connectivity index (χ0) is 16.1. The van der Waals surface area contributed by atoms with Gasteiger partial charge in [-0.2, -0.15) is 5.26 Å². The number of aldehydes is 1. The summed E-state index contributed by atoms with van der Waals surface area (Å²) in [6, 6.07) is 20.3. The zero-order valence-electron chi connectivity index (χ0n) is 12.2. The van der Waals surface area contributed by atoms with Gasteiger partial charge in [-0.15, -0.1) is 0 Å². The molecule has 4 nitrogen and oxygen atoms in total. The minimum atomic E-state index is 0.260. The van der Waals surface area contributed by atoms with Gasteiger partial charge in [0, 0.05) is 5.56 Å². The SMILES string of the molecule is N#Cc1ccc(-c2ccc(C=O)o2)cc1OCc1ccccc1. The summed E-state index contributed by atoms with van der Waals surface area (Å²) in [4.78, 5) is 10.7. The van der Waals surface area contributed by atoms with Gasteiger partial charge in [-0.1, -0.05) is 30.3 Å². The first kappa shape index (κ1) is 14.6. The molecule has 1 aromatic heterocycles. The first-order valence-electron chi connectivity index (χ1n) is 7.06. The van der Waals surface area contributed by atoms with Crippen molar-refractivity contribution in [2.45, 2.75) is 6.61 Å². The van der Waals surface area contributed by atoms with Crippen LogP contribution in [-0.2, 0) is 6.61 Å². The average Bonchev–Trinajstić information content (AvgIpc) is 3.10. The van der Waals surface area contributed by atoms with Gasteiger partial charge in [0.1, 0.15) is 24.2 Å². The summed E-state index contributed by atoms with van der Waals surface area (Å²) in [7, 11) is 0. The summed E-state index contributed by atoms with van der Waals surface area (Å²) in [5, 5.41) is 9.22. The van der Waals surface area contributed by atoms with Crippen LogP contribution in [0.15, 0.2) is 65.1 Å². The highest BCUT2D eigenvalue weighted by molar-refractivity contribution is 5.73. The van der Waals surface area contributed by atoms with Gasteiger partial charge in [-0.05, 0) is 35.9 Å². The third-order valence-electron chi connectivity index (χ3n) is 3.37. The van der Waals surface area contributed by atoms with Crippen molar-refractivity contribution in [1.82, 2.24) is 0 Å². The number of furan rings is 1. The maximum Gasteiger partial charge on any atom is 0.185 e. The highest BCUT2D eigenvalue weighted by atomic mass is 16.5. The summed E-state index contributed by atoms with van der Waals surface area (Å²) in [5.74, 6) is 1.30. The van der Waals surface area contributed by atoms with E-state index < -0.39 is 0 Å². The van der Waals surface area contributed by atoms with Crippen molar-refractivity contribution in [2.24, 2.45) is 0 Å². The van der Waals surface area contributed by atoms with Crippen LogP contribution in [0, 0.1) is 11.3 Å². The molecule has 0 atom stereocenters. The third kappa shape index (κ3) is 3.30. The van der Waals surface area contributed by atoms with Crippen molar-refractivity contribution in [3.05, 3.63) is 77.6 Å². The number of carbonyl (C=O) groups is 1. The topological polar surface area (TPSA) is 63.2 Å². The lowest BCUT2D eigenvalue weighted by atomic mass is 10.1. The van der Waals surface area contributed by atoms with Gasteiger partial charge in [0.05, 0.1) is 5.56 Å². The molecule has 0 aliphatic rings. The number of benzene rings is 2. The normalized spacial score (nSPS) is 10.0. The van der Waals surface area contributed by atoms with E-state index in [1.54, 1.807) is 30.3 Å². The van der Waals surface area contributed by atoms with Crippen LogP contribution in [0.3, 0.4) is 0 Å². The Kier molecular flexibility index (Phi) is 4.21. The molecule has 0 bridgehead atoms. The third-order valence-corrected chi connectivity index (χ3v) is 3.37. The lowest BCUT2D eigenvalue weighted by Gasteiger charge is -2.09. The minimum Gasteiger partial charge on any atom is -0.487 e. The van der Waals surface area contributed by atoms with Gasteiger partial charge in [-0.3, -0.25) is 4.79 Å². The highest BCUT2D eigenvalue weighted by Gasteiger charge is 2.10. The molecule has 0 aliphatic heterocycles. The molecule has 2 aromatic carbocycles. The standard InChI is InChI=1S/C19H13NO3/c20-11-16-7-6-15(18-9-8-17(12-21)23-18)10-19(16)22-13-14-4-2-1-3-5-14/h1-10,12H,13H2. The predicted molar refractivity (Wildman–Crippen MR) is 85.0 cm³/mol. The van der Waals surface area contributed by atoms with Gasteiger partial charge in [0.2, 0.25) is 0 Å². The molecule has 0 amide bonds. The molecule has 0 saturated carbocycles. The molecule has 3 rings (SSSR count). The van der Waals surface area contributed by atoms with Crippen LogP contribution in [0.1, 0.15) is 21.7 Å². The smallest absolute Gasteiger partial charge is 0.185 e. The van der Waals surface area contributed by atoms with Crippen molar-refractivity contribution in [3.8, 4) is 23.1 Å². The molecule has 112 valence electrons. The second kappa shape index (κ2) is 6.63. The Balaban J connectivity index is 1.87. The summed E-state index contributed by atoms with van der Waals surface area (Å²) >= 11 is 0. The largest absolute Gasteiger partial charge is 0.487 e. The highest BCUT2D eigenvalue weighted by Crippen LogP contribution is 2.28. The number of nitriles is 1. The summed E-state index contributed by atoms with van der Waals surface area (Å²) < 4.78 is 11.2. The van der Waals surface area contributed by atoms with E-state index in [1.165, 1.54) is 0 Å². The van der Waals surface area contributed by atoms with Crippen LogP contribution in [0.4, 0.5) is 0 Å². The molecule has 23 heavy (non-hydrogen) atoms. The number of ether oxygens (including phenoxy) is 1. The lowest BCUT2D eigenvalue weighted by Crippen LogP contribution is -1.97. The fourth-order valence-electron chi connectivity index (χ4n) is 2.19. The molecular formula is C19H13NO3. The molecule has 0 unspecified atom stereocenters.